The molecule has 0 unspecified atom stereocenters. The first-order valence-corrected chi connectivity index (χ1v) is 11.9. The number of carbonyl (C=O) groups excluding carboxylic acids is 2. The number of halogens is 1. The van der Waals surface area contributed by atoms with Crippen molar-refractivity contribution >= 4 is 35.2 Å². The fourth-order valence-corrected chi connectivity index (χ4v) is 5.26. The first-order chi connectivity index (χ1) is 17.9. The zero-order chi connectivity index (χ0) is 25.6. The summed E-state index contributed by atoms with van der Waals surface area (Å²) in [6, 6.07) is 12.0. The van der Waals surface area contributed by atoms with E-state index in [1.165, 1.54) is 18.5 Å². The molecule has 2 aliphatic heterocycles. The van der Waals surface area contributed by atoms with Crippen molar-refractivity contribution in [2.75, 3.05) is 16.8 Å². The molecule has 0 radical (unpaired) electrons. The van der Waals surface area contributed by atoms with Crippen LogP contribution >= 0.6 is 0 Å². The number of fused-ring (bicyclic) bond motifs is 2. The van der Waals surface area contributed by atoms with Crippen molar-refractivity contribution in [2.45, 2.75) is 19.3 Å². The van der Waals surface area contributed by atoms with Crippen LogP contribution in [0.3, 0.4) is 0 Å². The van der Waals surface area contributed by atoms with Gasteiger partial charge < -0.3 is 15.5 Å². The summed E-state index contributed by atoms with van der Waals surface area (Å²) in [6.45, 7) is 4.09. The molecule has 1 spiro atoms. The van der Waals surface area contributed by atoms with Gasteiger partial charge in [-0.2, -0.15) is 0 Å². The molecular weight excluding hydrogens is 471 g/mol. The number of benzene rings is 2. The zero-order valence-corrected chi connectivity index (χ0v) is 19.9. The maximum Gasteiger partial charge on any atom is 0.277 e. The number of carbonyl (C=O) groups is 2. The second-order valence-electron chi connectivity index (χ2n) is 9.38. The molecule has 2 N–H and O–H groups in total. The molecule has 3 aromatic rings. The van der Waals surface area contributed by atoms with Gasteiger partial charge in [0.25, 0.3) is 5.91 Å². The van der Waals surface area contributed by atoms with E-state index in [1.807, 2.05) is 24.3 Å². The minimum absolute atomic E-state index is 0.0559. The Morgan fingerprint density at radius 2 is 2.00 bits per heavy atom. The minimum Gasteiger partial charge on any atom is -0.340 e. The predicted molar refractivity (Wildman–Crippen MR) is 138 cm³/mol. The highest BCUT2D eigenvalue weighted by Gasteiger charge is 2.46. The van der Waals surface area contributed by atoms with Gasteiger partial charge in [-0.05, 0) is 72.4 Å². The van der Waals surface area contributed by atoms with Crippen LogP contribution in [0.4, 0.5) is 21.6 Å². The summed E-state index contributed by atoms with van der Waals surface area (Å²) >= 11 is 0. The summed E-state index contributed by atoms with van der Waals surface area (Å²) in [6.07, 6.45) is 8.14. The van der Waals surface area contributed by atoms with E-state index in [4.69, 9.17) is 0 Å². The summed E-state index contributed by atoms with van der Waals surface area (Å²) in [5.41, 5.74) is 4.08. The van der Waals surface area contributed by atoms with Crippen LogP contribution in [0.5, 0.6) is 0 Å². The van der Waals surface area contributed by atoms with Gasteiger partial charge in [0.05, 0.1) is 5.41 Å². The van der Waals surface area contributed by atoms with Crippen LogP contribution in [-0.2, 0) is 24.1 Å². The van der Waals surface area contributed by atoms with E-state index < -0.39 is 5.41 Å². The smallest absolute Gasteiger partial charge is 0.277 e. The Balaban J connectivity index is 1.20. The second kappa shape index (κ2) is 8.77. The summed E-state index contributed by atoms with van der Waals surface area (Å²) in [5, 5.41) is 6.10. The molecule has 184 valence electrons. The van der Waals surface area contributed by atoms with Crippen LogP contribution in [0.25, 0.3) is 0 Å². The third kappa shape index (κ3) is 4.08. The molecular formula is C28H23FN6O2. The van der Waals surface area contributed by atoms with E-state index in [0.29, 0.717) is 43.1 Å². The highest BCUT2D eigenvalue weighted by atomic mass is 19.1. The fraction of sp³-hybridized carbons (Fsp3) is 0.179. The molecule has 1 atom stereocenters. The number of aliphatic imine (C=N–C) groups is 1. The molecule has 3 aliphatic rings. The second-order valence-corrected chi connectivity index (χ2v) is 9.38. The van der Waals surface area contributed by atoms with Crippen molar-refractivity contribution in [2.24, 2.45) is 10.4 Å². The Labute approximate surface area is 212 Å². The highest BCUT2D eigenvalue weighted by Crippen LogP contribution is 2.43. The SMILES string of the molecule is C=CC=NC1=C[C@]2(Cc3ccc(Nc4cc(C(=O)N5CCc6cc(F)ccc65)ncn4)cc3C2)C(=O)N1. The van der Waals surface area contributed by atoms with Gasteiger partial charge in [0.1, 0.15) is 29.5 Å². The molecule has 37 heavy (non-hydrogen) atoms. The van der Waals surface area contributed by atoms with E-state index in [2.05, 4.69) is 32.2 Å². The van der Waals surface area contributed by atoms with Crippen molar-refractivity contribution < 1.29 is 14.0 Å². The normalized spacial score (nSPS) is 19.6. The molecule has 0 saturated heterocycles. The number of hydrogen-bond acceptors (Lipinski definition) is 6. The Bertz CT molecular complexity index is 1530. The number of allylic oxidation sites excluding steroid dienone is 1. The van der Waals surface area contributed by atoms with Crippen LogP contribution < -0.4 is 15.5 Å². The Kier molecular flexibility index (Phi) is 5.40. The molecule has 0 bridgehead atoms. The lowest BCUT2D eigenvalue weighted by atomic mass is 9.85. The van der Waals surface area contributed by atoms with Crippen molar-refractivity contribution in [3.8, 4) is 0 Å². The van der Waals surface area contributed by atoms with E-state index in [0.717, 1.165) is 22.4 Å². The predicted octanol–water partition coefficient (Wildman–Crippen LogP) is 3.88. The van der Waals surface area contributed by atoms with Gasteiger partial charge in [0.15, 0.2) is 0 Å². The quantitative estimate of drug-likeness (QED) is 0.525. The number of hydrogen-bond donors (Lipinski definition) is 2. The van der Waals surface area contributed by atoms with Crippen LogP contribution in [0.2, 0.25) is 0 Å². The van der Waals surface area contributed by atoms with E-state index in [9.17, 15) is 14.0 Å². The van der Waals surface area contributed by atoms with Gasteiger partial charge in [-0.1, -0.05) is 18.7 Å². The Morgan fingerprint density at radius 1 is 1.14 bits per heavy atom. The average Bonchev–Trinajstić information content (AvgIpc) is 3.56. The van der Waals surface area contributed by atoms with E-state index >= 15 is 0 Å². The highest BCUT2D eigenvalue weighted by molar-refractivity contribution is 6.06. The molecule has 3 heterocycles. The standard InChI is InChI=1S/C28H23FN6O2/c1-2-8-30-25-15-28(27(37)34-25)13-18-3-5-21(11-19(18)14-28)33-24-12-22(31-16-32-24)26(36)35-9-7-17-10-20(29)4-6-23(17)35/h2-6,8,10-12,15-16H,1,7,9,13-14H2,(H,34,37)(H,31,32,33)/t28-/m1/s1. The summed E-state index contributed by atoms with van der Waals surface area (Å²) in [5.74, 6) is 0.386. The van der Waals surface area contributed by atoms with Gasteiger partial charge in [0.2, 0.25) is 5.91 Å². The number of rotatable bonds is 5. The molecule has 1 aromatic heterocycles. The van der Waals surface area contributed by atoms with Crippen molar-refractivity contribution in [1.29, 1.82) is 0 Å². The molecule has 6 rings (SSSR count). The molecule has 1 aliphatic carbocycles. The van der Waals surface area contributed by atoms with Gasteiger partial charge in [-0.15, -0.1) is 0 Å². The third-order valence-corrected chi connectivity index (χ3v) is 6.98. The lowest BCUT2D eigenvalue weighted by molar-refractivity contribution is -0.126. The first kappa shape index (κ1) is 22.8. The summed E-state index contributed by atoms with van der Waals surface area (Å²) < 4.78 is 13.6. The lowest BCUT2D eigenvalue weighted by Crippen LogP contribution is -2.33. The Morgan fingerprint density at radius 3 is 2.86 bits per heavy atom. The molecule has 8 nitrogen and oxygen atoms in total. The number of nitrogens with zero attached hydrogens (tertiary/aromatic N) is 4. The van der Waals surface area contributed by atoms with Crippen LogP contribution in [0, 0.1) is 11.2 Å². The summed E-state index contributed by atoms with van der Waals surface area (Å²) in [7, 11) is 0. The van der Waals surface area contributed by atoms with Gasteiger partial charge in [0, 0.05) is 30.2 Å². The van der Waals surface area contributed by atoms with Crippen molar-refractivity contribution in [3.63, 3.8) is 0 Å². The number of anilines is 3. The molecule has 9 heteroatoms. The topological polar surface area (TPSA) is 99.6 Å². The zero-order valence-electron chi connectivity index (χ0n) is 19.9. The fourth-order valence-electron chi connectivity index (χ4n) is 5.26. The molecule has 2 aromatic carbocycles. The van der Waals surface area contributed by atoms with Gasteiger partial charge in [-0.3, -0.25) is 9.59 Å². The van der Waals surface area contributed by atoms with E-state index in [1.54, 1.807) is 29.3 Å². The largest absolute Gasteiger partial charge is 0.340 e. The molecule has 2 amide bonds. The number of amides is 2. The van der Waals surface area contributed by atoms with Crippen LogP contribution in [-0.4, -0.2) is 34.5 Å². The molecule has 0 fully saturated rings. The van der Waals surface area contributed by atoms with Gasteiger partial charge in [-0.25, -0.2) is 19.4 Å². The molecule has 0 saturated carbocycles. The first-order valence-electron chi connectivity index (χ1n) is 11.9. The Hall–Kier alpha value is -4.66. The number of nitrogens with one attached hydrogen (secondary N) is 2. The minimum atomic E-state index is -0.641. The van der Waals surface area contributed by atoms with E-state index in [-0.39, 0.29) is 23.3 Å². The van der Waals surface area contributed by atoms with Crippen molar-refractivity contribution in [3.05, 3.63) is 102 Å². The average molecular weight is 495 g/mol. The lowest BCUT2D eigenvalue weighted by Gasteiger charge is -2.17. The third-order valence-electron chi connectivity index (χ3n) is 6.98. The summed E-state index contributed by atoms with van der Waals surface area (Å²) in [4.78, 5) is 40.2. The van der Waals surface area contributed by atoms with Gasteiger partial charge >= 0.3 is 0 Å². The van der Waals surface area contributed by atoms with Crippen LogP contribution in [0.15, 0.2) is 78.3 Å². The maximum atomic E-state index is 13.6. The maximum absolute atomic E-state index is 13.6. The number of aromatic nitrogens is 2. The van der Waals surface area contributed by atoms with Crippen LogP contribution in [0.1, 0.15) is 27.2 Å². The van der Waals surface area contributed by atoms with Crippen molar-refractivity contribution in [1.82, 2.24) is 15.3 Å². The monoisotopic (exact) mass is 494 g/mol.